The molecule has 0 spiro atoms. The molecule has 0 aliphatic carbocycles. The molecule has 5 nitrogen and oxygen atoms in total. The molecule has 0 aliphatic rings. The number of benzene rings is 2. The van der Waals surface area contributed by atoms with Crippen LogP contribution in [0, 0.1) is 5.82 Å². The van der Waals surface area contributed by atoms with E-state index in [1.165, 1.54) is 12.1 Å². The Hall–Kier alpha value is -3.02. The zero-order valence-corrected chi connectivity index (χ0v) is 14.5. The summed E-state index contributed by atoms with van der Waals surface area (Å²) in [5.74, 6) is 0.509. The SMILES string of the molecule is COc1ccc2c(CCNC(=O)OCCc3cccc(F)c3)c[nH]c2c1. The van der Waals surface area contributed by atoms with Crippen molar-refractivity contribution in [3.63, 3.8) is 0 Å². The molecule has 3 rings (SSSR count). The molecular formula is C20H21FN2O3. The van der Waals surface area contributed by atoms with Crippen molar-refractivity contribution in [2.24, 2.45) is 0 Å². The highest BCUT2D eigenvalue weighted by atomic mass is 19.1. The summed E-state index contributed by atoms with van der Waals surface area (Å²) in [5.41, 5.74) is 2.91. The van der Waals surface area contributed by atoms with Gasteiger partial charge in [-0.3, -0.25) is 0 Å². The van der Waals surface area contributed by atoms with E-state index < -0.39 is 6.09 Å². The number of H-pyrrole nitrogens is 1. The zero-order chi connectivity index (χ0) is 18.4. The molecule has 0 aliphatic heterocycles. The van der Waals surface area contributed by atoms with Crippen molar-refractivity contribution in [1.29, 1.82) is 0 Å². The average molecular weight is 356 g/mol. The van der Waals surface area contributed by atoms with Gasteiger partial charge < -0.3 is 19.8 Å². The maximum atomic E-state index is 13.1. The number of aromatic nitrogens is 1. The van der Waals surface area contributed by atoms with Gasteiger partial charge in [0, 0.05) is 36.1 Å². The predicted molar refractivity (Wildman–Crippen MR) is 98.0 cm³/mol. The van der Waals surface area contributed by atoms with Crippen molar-refractivity contribution < 1.29 is 18.7 Å². The van der Waals surface area contributed by atoms with Gasteiger partial charge in [-0.05, 0) is 41.8 Å². The first-order chi connectivity index (χ1) is 12.7. The summed E-state index contributed by atoms with van der Waals surface area (Å²) in [4.78, 5) is 14.9. The number of hydrogen-bond donors (Lipinski definition) is 2. The van der Waals surface area contributed by atoms with Gasteiger partial charge >= 0.3 is 6.09 Å². The number of alkyl carbamates (subject to hydrolysis) is 1. The third-order valence-corrected chi connectivity index (χ3v) is 4.15. The Labute approximate surface area is 151 Å². The number of carbonyl (C=O) groups excluding carboxylic acids is 1. The van der Waals surface area contributed by atoms with Crippen molar-refractivity contribution in [3.8, 4) is 5.75 Å². The molecule has 0 bridgehead atoms. The minimum atomic E-state index is -0.470. The fourth-order valence-corrected chi connectivity index (χ4v) is 2.80. The van der Waals surface area contributed by atoms with Gasteiger partial charge in [0.25, 0.3) is 0 Å². The second kappa shape index (κ2) is 8.38. The molecule has 0 atom stereocenters. The zero-order valence-electron chi connectivity index (χ0n) is 14.5. The van der Waals surface area contributed by atoms with Crippen LogP contribution in [-0.4, -0.2) is 31.3 Å². The Morgan fingerprint density at radius 1 is 1.19 bits per heavy atom. The lowest BCUT2D eigenvalue weighted by Crippen LogP contribution is -2.27. The molecule has 26 heavy (non-hydrogen) atoms. The van der Waals surface area contributed by atoms with Crippen molar-refractivity contribution in [1.82, 2.24) is 10.3 Å². The van der Waals surface area contributed by atoms with E-state index in [0.717, 1.165) is 27.8 Å². The molecule has 0 unspecified atom stereocenters. The minimum absolute atomic E-state index is 0.210. The van der Waals surface area contributed by atoms with E-state index in [-0.39, 0.29) is 12.4 Å². The Bertz CT molecular complexity index is 892. The summed E-state index contributed by atoms with van der Waals surface area (Å²) < 4.78 is 23.4. The molecule has 0 fully saturated rings. The summed E-state index contributed by atoms with van der Waals surface area (Å²) in [6, 6.07) is 12.1. The van der Waals surface area contributed by atoms with Crippen LogP contribution in [-0.2, 0) is 17.6 Å². The highest BCUT2D eigenvalue weighted by Crippen LogP contribution is 2.23. The lowest BCUT2D eigenvalue weighted by molar-refractivity contribution is 0.147. The molecular weight excluding hydrogens is 335 g/mol. The van der Waals surface area contributed by atoms with Crippen LogP contribution in [0.1, 0.15) is 11.1 Å². The molecule has 136 valence electrons. The van der Waals surface area contributed by atoms with Gasteiger partial charge in [-0.1, -0.05) is 12.1 Å². The molecule has 0 radical (unpaired) electrons. The molecule has 6 heteroatoms. The lowest BCUT2D eigenvalue weighted by Gasteiger charge is -2.07. The van der Waals surface area contributed by atoms with Crippen LogP contribution in [0.2, 0.25) is 0 Å². The van der Waals surface area contributed by atoms with Crippen LogP contribution in [0.5, 0.6) is 5.75 Å². The third-order valence-electron chi connectivity index (χ3n) is 4.15. The van der Waals surface area contributed by atoms with Gasteiger partial charge in [0.05, 0.1) is 13.7 Å². The molecule has 1 heterocycles. The number of nitrogens with one attached hydrogen (secondary N) is 2. The fourth-order valence-electron chi connectivity index (χ4n) is 2.80. The summed E-state index contributed by atoms with van der Waals surface area (Å²) >= 11 is 0. The number of rotatable bonds is 7. The lowest BCUT2D eigenvalue weighted by atomic mass is 10.1. The maximum absolute atomic E-state index is 13.1. The predicted octanol–water partition coefficient (Wildman–Crippen LogP) is 3.83. The van der Waals surface area contributed by atoms with Crippen LogP contribution in [0.25, 0.3) is 10.9 Å². The van der Waals surface area contributed by atoms with Crippen molar-refractivity contribution in [3.05, 3.63) is 65.6 Å². The van der Waals surface area contributed by atoms with Gasteiger partial charge in [0.2, 0.25) is 0 Å². The van der Waals surface area contributed by atoms with Crippen molar-refractivity contribution >= 4 is 17.0 Å². The standard InChI is InChI=1S/C20H21FN2O3/c1-25-17-5-6-18-15(13-23-19(18)12-17)7-9-22-20(24)26-10-8-14-3-2-4-16(21)11-14/h2-6,11-13,23H,7-10H2,1H3,(H,22,24). The number of aromatic amines is 1. The largest absolute Gasteiger partial charge is 0.497 e. The number of methoxy groups -OCH3 is 1. The highest BCUT2D eigenvalue weighted by molar-refractivity contribution is 5.84. The number of fused-ring (bicyclic) bond motifs is 1. The quantitative estimate of drug-likeness (QED) is 0.676. The summed E-state index contributed by atoms with van der Waals surface area (Å²) in [7, 11) is 1.63. The highest BCUT2D eigenvalue weighted by Gasteiger charge is 2.07. The number of ether oxygens (including phenoxy) is 2. The van der Waals surface area contributed by atoms with Crippen LogP contribution in [0.4, 0.5) is 9.18 Å². The van der Waals surface area contributed by atoms with E-state index in [1.807, 2.05) is 24.4 Å². The second-order valence-electron chi connectivity index (χ2n) is 5.92. The Morgan fingerprint density at radius 2 is 2.08 bits per heavy atom. The van der Waals surface area contributed by atoms with Gasteiger partial charge in [-0.15, -0.1) is 0 Å². The average Bonchev–Trinajstić information content (AvgIpc) is 3.04. The molecule has 2 aromatic carbocycles. The van der Waals surface area contributed by atoms with Crippen LogP contribution < -0.4 is 10.1 Å². The van der Waals surface area contributed by atoms with E-state index in [4.69, 9.17) is 9.47 Å². The van der Waals surface area contributed by atoms with Crippen LogP contribution >= 0.6 is 0 Å². The second-order valence-corrected chi connectivity index (χ2v) is 5.92. The number of halogens is 1. The maximum Gasteiger partial charge on any atom is 0.407 e. The van der Waals surface area contributed by atoms with Crippen LogP contribution in [0.15, 0.2) is 48.7 Å². The third kappa shape index (κ3) is 4.53. The van der Waals surface area contributed by atoms with Gasteiger partial charge in [-0.25, -0.2) is 9.18 Å². The van der Waals surface area contributed by atoms with E-state index in [0.29, 0.717) is 19.4 Å². The molecule has 0 saturated carbocycles. The van der Waals surface area contributed by atoms with Gasteiger partial charge in [-0.2, -0.15) is 0 Å². The molecule has 1 aromatic heterocycles. The van der Waals surface area contributed by atoms with E-state index >= 15 is 0 Å². The first-order valence-corrected chi connectivity index (χ1v) is 8.45. The minimum Gasteiger partial charge on any atom is -0.497 e. The smallest absolute Gasteiger partial charge is 0.407 e. The summed E-state index contributed by atoms with van der Waals surface area (Å²) in [6.07, 6.45) is 2.63. The molecule has 3 aromatic rings. The summed E-state index contributed by atoms with van der Waals surface area (Å²) in [6.45, 7) is 0.681. The first-order valence-electron chi connectivity index (χ1n) is 8.45. The van der Waals surface area contributed by atoms with Gasteiger partial charge in [0.15, 0.2) is 0 Å². The van der Waals surface area contributed by atoms with E-state index in [9.17, 15) is 9.18 Å². The molecule has 2 N–H and O–H groups in total. The number of hydrogen-bond acceptors (Lipinski definition) is 3. The van der Waals surface area contributed by atoms with Crippen molar-refractivity contribution in [2.75, 3.05) is 20.3 Å². The fraction of sp³-hybridized carbons (Fsp3) is 0.250. The Balaban J connectivity index is 1.42. The Kier molecular flexibility index (Phi) is 5.73. The van der Waals surface area contributed by atoms with Gasteiger partial charge in [0.1, 0.15) is 11.6 Å². The van der Waals surface area contributed by atoms with Crippen LogP contribution in [0.3, 0.4) is 0 Å². The number of amides is 1. The summed E-state index contributed by atoms with van der Waals surface area (Å²) in [5, 5.41) is 3.84. The topological polar surface area (TPSA) is 63.4 Å². The molecule has 0 saturated heterocycles. The normalized spacial score (nSPS) is 10.7. The van der Waals surface area contributed by atoms with Crippen molar-refractivity contribution in [2.45, 2.75) is 12.8 Å². The first kappa shape index (κ1) is 17.8. The number of carbonyl (C=O) groups is 1. The molecule has 1 amide bonds. The Morgan fingerprint density at radius 3 is 2.88 bits per heavy atom. The van der Waals surface area contributed by atoms with E-state index in [1.54, 1.807) is 19.2 Å². The monoisotopic (exact) mass is 356 g/mol. The van der Waals surface area contributed by atoms with E-state index in [2.05, 4.69) is 10.3 Å².